The first-order valence-electron chi connectivity index (χ1n) is 4.69. The number of pyridine rings is 2. The molecule has 0 radical (unpaired) electrons. The van der Waals surface area contributed by atoms with Crippen LogP contribution in [0.25, 0.3) is 0 Å². The number of amides is 1. The van der Waals surface area contributed by atoms with Crippen LogP contribution in [-0.2, 0) is 0 Å². The number of nitrogens with one attached hydrogen (secondary N) is 1. The molecule has 0 unspecified atom stereocenters. The lowest BCUT2D eigenvalue weighted by Gasteiger charge is -2.05. The largest absolute Gasteiger partial charge is 0.319 e. The molecule has 0 aliphatic heterocycles. The third-order valence-corrected chi connectivity index (χ3v) is 2.84. The van der Waals surface area contributed by atoms with Crippen molar-refractivity contribution in [2.24, 2.45) is 0 Å². The predicted molar refractivity (Wildman–Crippen MR) is 69.1 cm³/mol. The molecule has 0 aliphatic carbocycles. The van der Waals surface area contributed by atoms with Gasteiger partial charge in [0.2, 0.25) is 0 Å². The fraction of sp³-hybridized carbons (Fsp3) is 0. The van der Waals surface area contributed by atoms with Crippen LogP contribution < -0.4 is 5.32 Å². The third-order valence-electron chi connectivity index (χ3n) is 1.98. The molecule has 0 aliphatic rings. The zero-order valence-corrected chi connectivity index (χ0v) is 10.9. The maximum Gasteiger partial charge on any atom is 0.274 e. The number of anilines is 1. The van der Waals surface area contributed by atoms with Gasteiger partial charge in [0.1, 0.15) is 5.69 Å². The number of aromatic nitrogens is 2. The molecule has 0 spiro atoms. The first kappa shape index (κ1) is 12.0. The van der Waals surface area contributed by atoms with Gasteiger partial charge in [0.05, 0.1) is 15.2 Å². The third kappa shape index (κ3) is 3.01. The molecule has 86 valence electrons. The zero-order valence-electron chi connectivity index (χ0n) is 8.52. The van der Waals surface area contributed by atoms with Crippen LogP contribution in [0.5, 0.6) is 0 Å². The Morgan fingerprint density at radius 3 is 2.76 bits per heavy atom. The van der Waals surface area contributed by atoms with E-state index < -0.39 is 0 Å². The highest BCUT2D eigenvalue weighted by Crippen LogP contribution is 2.20. The SMILES string of the molecule is O=C(Nc1ccncc1Br)c1ccc(Cl)cn1. The fourth-order valence-electron chi connectivity index (χ4n) is 1.17. The highest BCUT2D eigenvalue weighted by atomic mass is 79.9. The monoisotopic (exact) mass is 311 g/mol. The van der Waals surface area contributed by atoms with Crippen molar-refractivity contribution >= 4 is 39.1 Å². The van der Waals surface area contributed by atoms with E-state index in [0.717, 1.165) is 0 Å². The Morgan fingerprint density at radius 1 is 1.29 bits per heavy atom. The molecular formula is C11H7BrClN3O. The Hall–Kier alpha value is -1.46. The Bertz CT molecular complexity index is 545. The average molecular weight is 313 g/mol. The lowest BCUT2D eigenvalue weighted by molar-refractivity contribution is 0.102. The first-order chi connectivity index (χ1) is 8.16. The number of halogens is 2. The van der Waals surface area contributed by atoms with Crippen molar-refractivity contribution in [1.82, 2.24) is 9.97 Å². The Morgan fingerprint density at radius 2 is 2.12 bits per heavy atom. The molecular weight excluding hydrogens is 305 g/mol. The van der Waals surface area contributed by atoms with Gasteiger partial charge in [-0.1, -0.05) is 11.6 Å². The predicted octanol–water partition coefficient (Wildman–Crippen LogP) is 3.14. The number of carbonyl (C=O) groups excluding carboxylic acids is 1. The van der Waals surface area contributed by atoms with Crippen molar-refractivity contribution in [3.63, 3.8) is 0 Å². The summed E-state index contributed by atoms with van der Waals surface area (Å²) in [5.41, 5.74) is 0.944. The highest BCUT2D eigenvalue weighted by molar-refractivity contribution is 9.10. The van der Waals surface area contributed by atoms with Crippen LogP contribution >= 0.6 is 27.5 Å². The van der Waals surface area contributed by atoms with Gasteiger partial charge < -0.3 is 5.32 Å². The second-order valence-corrected chi connectivity index (χ2v) is 4.46. The van der Waals surface area contributed by atoms with E-state index >= 15 is 0 Å². The van der Waals surface area contributed by atoms with Crippen LogP contribution in [0, 0.1) is 0 Å². The summed E-state index contributed by atoms with van der Waals surface area (Å²) in [7, 11) is 0. The van der Waals surface area contributed by atoms with Crippen LogP contribution in [-0.4, -0.2) is 15.9 Å². The maximum atomic E-state index is 11.8. The summed E-state index contributed by atoms with van der Waals surface area (Å²) in [6.45, 7) is 0. The maximum absolute atomic E-state index is 11.8. The molecule has 2 aromatic heterocycles. The molecule has 1 N–H and O–H groups in total. The normalized spacial score (nSPS) is 10.0. The zero-order chi connectivity index (χ0) is 12.3. The van der Waals surface area contributed by atoms with Crippen molar-refractivity contribution in [3.8, 4) is 0 Å². The molecule has 0 bridgehead atoms. The summed E-state index contributed by atoms with van der Waals surface area (Å²) >= 11 is 8.98. The van der Waals surface area contributed by atoms with Crippen LogP contribution in [0.1, 0.15) is 10.5 Å². The minimum atomic E-state index is -0.298. The smallest absolute Gasteiger partial charge is 0.274 e. The van der Waals surface area contributed by atoms with Crippen molar-refractivity contribution in [1.29, 1.82) is 0 Å². The highest BCUT2D eigenvalue weighted by Gasteiger charge is 2.09. The van der Waals surface area contributed by atoms with E-state index in [4.69, 9.17) is 11.6 Å². The van der Waals surface area contributed by atoms with Gasteiger partial charge in [-0.3, -0.25) is 9.78 Å². The summed E-state index contributed by atoms with van der Waals surface area (Å²) in [6, 6.07) is 4.87. The van der Waals surface area contributed by atoms with Crippen molar-refractivity contribution < 1.29 is 4.79 Å². The molecule has 2 aromatic rings. The lowest BCUT2D eigenvalue weighted by atomic mass is 10.3. The lowest BCUT2D eigenvalue weighted by Crippen LogP contribution is -2.13. The molecule has 2 rings (SSSR count). The number of carbonyl (C=O) groups is 1. The van der Waals surface area contributed by atoms with Gasteiger partial charge in [-0.2, -0.15) is 0 Å². The summed E-state index contributed by atoms with van der Waals surface area (Å²) < 4.78 is 0.710. The van der Waals surface area contributed by atoms with Crippen molar-refractivity contribution in [2.45, 2.75) is 0 Å². The molecule has 4 nitrogen and oxygen atoms in total. The second kappa shape index (κ2) is 5.25. The van der Waals surface area contributed by atoms with Gasteiger partial charge in [-0.05, 0) is 34.1 Å². The average Bonchev–Trinajstić information content (AvgIpc) is 2.33. The quantitative estimate of drug-likeness (QED) is 0.927. The van der Waals surface area contributed by atoms with Gasteiger partial charge in [0.15, 0.2) is 0 Å². The van der Waals surface area contributed by atoms with Gasteiger partial charge >= 0.3 is 0 Å². The number of nitrogens with zero attached hydrogens (tertiary/aromatic N) is 2. The molecule has 0 aromatic carbocycles. The minimum absolute atomic E-state index is 0.298. The Balaban J connectivity index is 2.17. The molecule has 0 saturated heterocycles. The van der Waals surface area contributed by atoms with E-state index in [1.165, 1.54) is 6.20 Å². The van der Waals surface area contributed by atoms with E-state index in [1.54, 1.807) is 30.6 Å². The summed E-state index contributed by atoms with van der Waals surface area (Å²) in [4.78, 5) is 19.7. The standard InChI is InChI=1S/C11H7BrClN3O/c12-8-6-14-4-3-9(8)16-11(17)10-2-1-7(13)5-15-10/h1-6H,(H,14,16,17). The first-order valence-corrected chi connectivity index (χ1v) is 5.86. The number of rotatable bonds is 2. The summed E-state index contributed by atoms with van der Waals surface area (Å²) in [5, 5.41) is 3.21. The fourth-order valence-corrected chi connectivity index (χ4v) is 1.63. The molecule has 17 heavy (non-hydrogen) atoms. The van der Waals surface area contributed by atoms with Gasteiger partial charge in [-0.15, -0.1) is 0 Å². The Labute approximate surface area is 111 Å². The molecule has 0 fully saturated rings. The molecule has 2 heterocycles. The van der Waals surface area contributed by atoms with Gasteiger partial charge in [-0.25, -0.2) is 4.98 Å². The Kier molecular flexibility index (Phi) is 3.71. The van der Waals surface area contributed by atoms with Gasteiger partial charge in [0, 0.05) is 18.6 Å². The van der Waals surface area contributed by atoms with Crippen LogP contribution in [0.2, 0.25) is 5.02 Å². The van der Waals surface area contributed by atoms with Crippen molar-refractivity contribution in [3.05, 3.63) is 52.0 Å². The second-order valence-electron chi connectivity index (χ2n) is 3.17. The van der Waals surface area contributed by atoms with Crippen LogP contribution in [0.15, 0.2) is 41.3 Å². The molecule has 1 amide bonds. The molecule has 0 atom stereocenters. The number of hydrogen-bond acceptors (Lipinski definition) is 3. The van der Waals surface area contributed by atoms with E-state index in [0.29, 0.717) is 20.9 Å². The van der Waals surface area contributed by atoms with Crippen LogP contribution in [0.4, 0.5) is 5.69 Å². The van der Waals surface area contributed by atoms with E-state index in [1.807, 2.05) is 0 Å². The molecule has 0 saturated carbocycles. The van der Waals surface area contributed by atoms with Crippen molar-refractivity contribution in [2.75, 3.05) is 5.32 Å². The van der Waals surface area contributed by atoms with E-state index in [9.17, 15) is 4.79 Å². The van der Waals surface area contributed by atoms with Crippen LogP contribution in [0.3, 0.4) is 0 Å². The molecule has 6 heteroatoms. The van der Waals surface area contributed by atoms with E-state index in [2.05, 4.69) is 31.2 Å². The summed E-state index contributed by atoms with van der Waals surface area (Å²) in [6.07, 6.45) is 4.62. The number of hydrogen-bond donors (Lipinski definition) is 1. The topological polar surface area (TPSA) is 54.9 Å². The summed E-state index contributed by atoms with van der Waals surface area (Å²) in [5.74, 6) is -0.298. The minimum Gasteiger partial charge on any atom is -0.319 e. The van der Waals surface area contributed by atoms with Gasteiger partial charge in [0.25, 0.3) is 5.91 Å². The van der Waals surface area contributed by atoms with E-state index in [-0.39, 0.29) is 5.91 Å².